The van der Waals surface area contributed by atoms with Crippen LogP contribution in [0, 0.1) is 11.6 Å². The predicted octanol–water partition coefficient (Wildman–Crippen LogP) is 1.07. The van der Waals surface area contributed by atoms with E-state index in [9.17, 15) is 22.0 Å². The molecule has 6 nitrogen and oxygen atoms in total. The zero-order chi connectivity index (χ0) is 15.6. The van der Waals surface area contributed by atoms with Crippen LogP contribution in [-0.2, 0) is 10.0 Å². The zero-order valence-corrected chi connectivity index (χ0v) is 12.2. The number of sulfonamides is 1. The number of carbonyl (C=O) groups excluding carboxylic acids is 1. The first kappa shape index (κ1) is 15.6. The molecule has 1 aromatic carbocycles. The summed E-state index contributed by atoms with van der Waals surface area (Å²) in [4.78, 5) is 13.3. The number of halogens is 2. The summed E-state index contributed by atoms with van der Waals surface area (Å²) in [6.07, 6.45) is 1.10. The van der Waals surface area contributed by atoms with Crippen molar-refractivity contribution in [2.24, 2.45) is 0 Å². The predicted molar refractivity (Wildman–Crippen MR) is 73.4 cm³/mol. The molecule has 0 radical (unpaired) electrons. The van der Waals surface area contributed by atoms with Crippen molar-refractivity contribution in [1.82, 2.24) is 9.21 Å². The Hall–Kier alpha value is -1.74. The highest BCUT2D eigenvalue weighted by Gasteiger charge is 2.26. The molecular formula is C12H15F2N3O3S. The van der Waals surface area contributed by atoms with Crippen LogP contribution in [0.3, 0.4) is 0 Å². The number of amides is 2. The molecule has 0 aromatic heterocycles. The van der Waals surface area contributed by atoms with Gasteiger partial charge in [0, 0.05) is 32.2 Å². The molecule has 1 heterocycles. The summed E-state index contributed by atoms with van der Waals surface area (Å²) in [7, 11) is -3.28. The van der Waals surface area contributed by atoms with Gasteiger partial charge in [-0.15, -0.1) is 0 Å². The van der Waals surface area contributed by atoms with Crippen LogP contribution >= 0.6 is 0 Å². The van der Waals surface area contributed by atoms with Crippen LogP contribution in [0.25, 0.3) is 0 Å². The summed E-state index contributed by atoms with van der Waals surface area (Å²) in [5, 5.41) is 2.28. The van der Waals surface area contributed by atoms with E-state index in [-0.39, 0.29) is 31.9 Å². The van der Waals surface area contributed by atoms with E-state index in [2.05, 4.69) is 5.32 Å². The SMILES string of the molecule is CS(=O)(=O)N1CCN(C(=O)Nc2cc(F)ccc2F)CC1. The van der Waals surface area contributed by atoms with E-state index in [1.54, 1.807) is 0 Å². The normalized spacial score (nSPS) is 16.8. The maximum atomic E-state index is 13.4. The Morgan fingerprint density at radius 2 is 1.81 bits per heavy atom. The van der Waals surface area contributed by atoms with Gasteiger partial charge in [-0.25, -0.2) is 22.0 Å². The summed E-state index contributed by atoms with van der Waals surface area (Å²) >= 11 is 0. The van der Waals surface area contributed by atoms with Gasteiger partial charge in [0.15, 0.2) is 0 Å². The molecule has 0 bridgehead atoms. The highest BCUT2D eigenvalue weighted by molar-refractivity contribution is 7.88. The maximum Gasteiger partial charge on any atom is 0.322 e. The minimum Gasteiger partial charge on any atom is -0.322 e. The van der Waals surface area contributed by atoms with Crippen molar-refractivity contribution in [3.63, 3.8) is 0 Å². The number of nitrogens with zero attached hydrogens (tertiary/aromatic N) is 2. The third-order valence-electron chi connectivity index (χ3n) is 3.16. The molecule has 2 amide bonds. The number of benzene rings is 1. The van der Waals surface area contributed by atoms with Crippen LogP contribution in [-0.4, -0.2) is 56.1 Å². The molecule has 2 rings (SSSR count). The maximum absolute atomic E-state index is 13.4. The number of hydrogen-bond acceptors (Lipinski definition) is 3. The van der Waals surface area contributed by atoms with Crippen molar-refractivity contribution in [2.75, 3.05) is 37.8 Å². The van der Waals surface area contributed by atoms with Gasteiger partial charge in [-0.05, 0) is 12.1 Å². The molecule has 1 N–H and O–H groups in total. The molecule has 0 aliphatic carbocycles. The second-order valence-electron chi connectivity index (χ2n) is 4.70. The first-order valence-electron chi connectivity index (χ1n) is 6.23. The number of piperazine rings is 1. The van der Waals surface area contributed by atoms with Gasteiger partial charge in [-0.2, -0.15) is 4.31 Å². The van der Waals surface area contributed by atoms with Crippen LogP contribution in [0.5, 0.6) is 0 Å². The molecule has 1 aliphatic rings. The average Bonchev–Trinajstić information content (AvgIpc) is 2.42. The second kappa shape index (κ2) is 5.94. The highest BCUT2D eigenvalue weighted by Crippen LogP contribution is 2.16. The average molecular weight is 319 g/mol. The van der Waals surface area contributed by atoms with Crippen molar-refractivity contribution in [1.29, 1.82) is 0 Å². The minimum absolute atomic E-state index is 0.178. The molecule has 1 fully saturated rings. The fourth-order valence-electron chi connectivity index (χ4n) is 2.01. The first-order chi connectivity index (χ1) is 9.77. The van der Waals surface area contributed by atoms with E-state index in [4.69, 9.17) is 0 Å². The van der Waals surface area contributed by atoms with Gasteiger partial charge in [0.25, 0.3) is 0 Å². The standard InChI is InChI=1S/C12H15F2N3O3S/c1-21(19,20)17-6-4-16(5-7-17)12(18)15-11-8-9(13)2-3-10(11)14/h2-3,8H,4-7H2,1H3,(H,15,18). The molecule has 0 unspecified atom stereocenters. The van der Waals surface area contributed by atoms with Crippen molar-refractivity contribution in [3.05, 3.63) is 29.8 Å². The Balaban J connectivity index is 1.98. The quantitative estimate of drug-likeness (QED) is 0.886. The molecule has 1 aromatic rings. The third-order valence-corrected chi connectivity index (χ3v) is 4.47. The monoisotopic (exact) mass is 319 g/mol. The van der Waals surface area contributed by atoms with Crippen LogP contribution in [0.1, 0.15) is 0 Å². The number of anilines is 1. The Kier molecular flexibility index (Phi) is 4.43. The van der Waals surface area contributed by atoms with Gasteiger partial charge in [0.2, 0.25) is 10.0 Å². The smallest absolute Gasteiger partial charge is 0.322 e. The lowest BCUT2D eigenvalue weighted by Gasteiger charge is -2.33. The number of carbonyl (C=O) groups is 1. The third kappa shape index (κ3) is 3.88. The molecule has 0 saturated carbocycles. The highest BCUT2D eigenvalue weighted by atomic mass is 32.2. The van der Waals surface area contributed by atoms with Gasteiger partial charge in [0.1, 0.15) is 11.6 Å². The molecule has 1 saturated heterocycles. The van der Waals surface area contributed by atoms with Gasteiger partial charge < -0.3 is 10.2 Å². The lowest BCUT2D eigenvalue weighted by molar-refractivity contribution is 0.184. The van der Waals surface area contributed by atoms with Crippen molar-refractivity contribution in [3.8, 4) is 0 Å². The lowest BCUT2D eigenvalue weighted by atomic mass is 10.3. The summed E-state index contributed by atoms with van der Waals surface area (Å²) in [5.41, 5.74) is -0.245. The number of nitrogens with one attached hydrogen (secondary N) is 1. The Morgan fingerprint density at radius 1 is 1.19 bits per heavy atom. The molecule has 0 atom stereocenters. The lowest BCUT2D eigenvalue weighted by Crippen LogP contribution is -2.51. The molecule has 9 heteroatoms. The second-order valence-corrected chi connectivity index (χ2v) is 6.69. The Morgan fingerprint density at radius 3 is 2.38 bits per heavy atom. The molecule has 0 spiro atoms. The Bertz CT molecular complexity index is 643. The summed E-state index contributed by atoms with van der Waals surface area (Å²) in [6.45, 7) is 0.738. The van der Waals surface area contributed by atoms with Gasteiger partial charge in [-0.1, -0.05) is 0 Å². The summed E-state index contributed by atoms with van der Waals surface area (Å²) in [5.74, 6) is -1.40. The largest absolute Gasteiger partial charge is 0.322 e. The zero-order valence-electron chi connectivity index (χ0n) is 11.3. The Labute approximate surface area is 121 Å². The molecule has 116 valence electrons. The molecule has 1 aliphatic heterocycles. The topological polar surface area (TPSA) is 69.7 Å². The number of rotatable bonds is 2. The summed E-state index contributed by atoms with van der Waals surface area (Å²) < 4.78 is 50.4. The number of hydrogen-bond donors (Lipinski definition) is 1. The van der Waals surface area contributed by atoms with Crippen molar-refractivity contribution < 1.29 is 22.0 Å². The van der Waals surface area contributed by atoms with Crippen molar-refractivity contribution >= 4 is 21.7 Å². The van der Waals surface area contributed by atoms with Crippen molar-refractivity contribution in [2.45, 2.75) is 0 Å². The molecule has 21 heavy (non-hydrogen) atoms. The van der Waals surface area contributed by atoms with E-state index in [0.29, 0.717) is 0 Å². The van der Waals surface area contributed by atoms with Crippen LogP contribution in [0.15, 0.2) is 18.2 Å². The van der Waals surface area contributed by atoms with Gasteiger partial charge >= 0.3 is 6.03 Å². The first-order valence-corrected chi connectivity index (χ1v) is 8.08. The van der Waals surface area contributed by atoms with Crippen LogP contribution < -0.4 is 5.32 Å². The fraction of sp³-hybridized carbons (Fsp3) is 0.417. The summed E-state index contributed by atoms with van der Waals surface area (Å²) in [6, 6.07) is 2.18. The fourth-order valence-corrected chi connectivity index (χ4v) is 2.84. The van der Waals surface area contributed by atoms with E-state index < -0.39 is 27.7 Å². The van der Waals surface area contributed by atoms with E-state index in [1.807, 2.05) is 0 Å². The van der Waals surface area contributed by atoms with Crippen LogP contribution in [0.2, 0.25) is 0 Å². The van der Waals surface area contributed by atoms with E-state index >= 15 is 0 Å². The van der Waals surface area contributed by atoms with E-state index in [1.165, 1.54) is 9.21 Å². The molecular weight excluding hydrogens is 304 g/mol. The minimum atomic E-state index is -3.28. The van der Waals surface area contributed by atoms with Gasteiger partial charge in [0.05, 0.1) is 11.9 Å². The number of urea groups is 1. The van der Waals surface area contributed by atoms with Gasteiger partial charge in [-0.3, -0.25) is 0 Å². The van der Waals surface area contributed by atoms with Crippen LogP contribution in [0.4, 0.5) is 19.3 Å². The van der Waals surface area contributed by atoms with E-state index in [0.717, 1.165) is 24.5 Å².